The van der Waals surface area contributed by atoms with Crippen LogP contribution in [0.1, 0.15) is 16.0 Å². The Kier molecular flexibility index (Phi) is 6.28. The number of rotatable bonds is 6. The van der Waals surface area contributed by atoms with Crippen LogP contribution in [0.25, 0.3) is 0 Å². The molecule has 0 unspecified atom stereocenters. The molecule has 0 atom stereocenters. The van der Waals surface area contributed by atoms with Crippen molar-refractivity contribution < 1.29 is 14.4 Å². The third kappa shape index (κ3) is 4.99. The second kappa shape index (κ2) is 8.86. The van der Waals surface area contributed by atoms with Crippen LogP contribution in [0.4, 0.5) is 0 Å². The Hall–Kier alpha value is -1.21. The zero-order valence-corrected chi connectivity index (χ0v) is 17.6. The van der Waals surface area contributed by atoms with Crippen LogP contribution in [0.15, 0.2) is 30.3 Å². The number of piperazine rings is 1. The first kappa shape index (κ1) is 19.1. The third-order valence-electron chi connectivity index (χ3n) is 5.13. The minimum atomic E-state index is 0.261. The van der Waals surface area contributed by atoms with Gasteiger partial charge < -0.3 is 14.5 Å². The van der Waals surface area contributed by atoms with Crippen LogP contribution >= 0.6 is 34.7 Å². The molecule has 0 saturated carbocycles. The third-order valence-corrected chi connectivity index (χ3v) is 7.51. The fourth-order valence-corrected chi connectivity index (χ4v) is 5.77. The summed E-state index contributed by atoms with van der Waals surface area (Å²) in [6, 6.07) is 10.5. The van der Waals surface area contributed by atoms with Crippen molar-refractivity contribution in [3.05, 3.63) is 50.7 Å². The molecule has 2 aromatic rings. The number of amides is 1. The number of thioether (sulfide) groups is 1. The molecule has 0 bridgehead atoms. The number of nitrogens with zero attached hydrogens (tertiary/aromatic N) is 1. The molecule has 3 heterocycles. The van der Waals surface area contributed by atoms with E-state index in [1.807, 2.05) is 17.0 Å². The smallest absolute Gasteiger partial charge is 0.232 e. The number of nitrogens with one attached hydrogen (secondary N) is 1. The van der Waals surface area contributed by atoms with Gasteiger partial charge in [0.2, 0.25) is 5.91 Å². The summed E-state index contributed by atoms with van der Waals surface area (Å²) in [7, 11) is 0. The lowest BCUT2D eigenvalue weighted by atomic mass is 10.1. The first-order chi connectivity index (χ1) is 13.2. The first-order valence-corrected chi connectivity index (χ1v) is 11.7. The van der Waals surface area contributed by atoms with Gasteiger partial charge >= 0.3 is 0 Å². The molecular weight excluding hydrogens is 400 g/mol. The lowest BCUT2D eigenvalue weighted by molar-refractivity contribution is -0.917. The highest BCUT2D eigenvalue weighted by Crippen LogP contribution is 2.26. The molecule has 1 saturated heterocycles. The summed E-state index contributed by atoms with van der Waals surface area (Å²) >= 11 is 9.22. The van der Waals surface area contributed by atoms with Gasteiger partial charge in [0.25, 0.3) is 0 Å². The minimum absolute atomic E-state index is 0.261. The van der Waals surface area contributed by atoms with Gasteiger partial charge in [-0.2, -0.15) is 0 Å². The number of halogens is 1. The Morgan fingerprint density at radius 1 is 1.26 bits per heavy atom. The van der Waals surface area contributed by atoms with Crippen molar-refractivity contribution in [3.63, 3.8) is 0 Å². The largest absolute Gasteiger partial charge is 0.493 e. The average molecular weight is 424 g/mol. The maximum absolute atomic E-state index is 12.4. The van der Waals surface area contributed by atoms with E-state index < -0.39 is 0 Å². The standard InChI is InChI=1S/C20H23ClN2O2S2/c21-19-4-2-17(27-19)13-26-14-20(24)23-8-6-22(7-9-23)12-15-1-3-18-16(11-15)5-10-25-18/h1-4,11H,5-10,12-14H2/p+1. The first-order valence-electron chi connectivity index (χ1n) is 9.35. The highest BCUT2D eigenvalue weighted by molar-refractivity contribution is 7.99. The molecule has 2 aliphatic heterocycles. The quantitative estimate of drug-likeness (QED) is 0.775. The van der Waals surface area contributed by atoms with Gasteiger partial charge in [-0.15, -0.1) is 23.1 Å². The van der Waals surface area contributed by atoms with Gasteiger partial charge in [-0.3, -0.25) is 4.79 Å². The number of fused-ring (bicyclic) bond motifs is 1. The topological polar surface area (TPSA) is 34.0 Å². The molecule has 0 aliphatic carbocycles. The summed E-state index contributed by atoms with van der Waals surface area (Å²) in [4.78, 5) is 17.3. The minimum Gasteiger partial charge on any atom is -0.493 e. The fourth-order valence-electron chi connectivity index (χ4n) is 3.65. The Labute approximate surface area is 173 Å². The normalized spacial score (nSPS) is 17.0. The average Bonchev–Trinajstić information content (AvgIpc) is 3.30. The van der Waals surface area contributed by atoms with Gasteiger partial charge in [0.05, 0.1) is 42.9 Å². The Morgan fingerprint density at radius 3 is 2.89 bits per heavy atom. The molecule has 0 spiro atoms. The van der Waals surface area contributed by atoms with E-state index in [1.54, 1.807) is 28.0 Å². The van der Waals surface area contributed by atoms with Crippen molar-refractivity contribution in [2.45, 2.75) is 18.7 Å². The second-order valence-corrected chi connectivity index (χ2v) is 9.83. The maximum atomic E-state index is 12.4. The zero-order chi connectivity index (χ0) is 18.6. The van der Waals surface area contributed by atoms with Crippen LogP contribution in [0.3, 0.4) is 0 Å². The van der Waals surface area contributed by atoms with Gasteiger partial charge in [-0.25, -0.2) is 0 Å². The van der Waals surface area contributed by atoms with Gasteiger partial charge in [0.1, 0.15) is 12.3 Å². The van der Waals surface area contributed by atoms with Crippen molar-refractivity contribution >= 4 is 40.6 Å². The predicted molar refractivity (Wildman–Crippen MR) is 112 cm³/mol. The number of ether oxygens (including phenoxy) is 1. The highest BCUT2D eigenvalue weighted by Gasteiger charge is 2.24. The molecule has 0 radical (unpaired) electrons. The molecule has 27 heavy (non-hydrogen) atoms. The van der Waals surface area contributed by atoms with E-state index in [4.69, 9.17) is 16.3 Å². The zero-order valence-electron chi connectivity index (χ0n) is 15.2. The number of quaternary nitrogens is 1. The summed E-state index contributed by atoms with van der Waals surface area (Å²) in [6.45, 7) is 5.59. The van der Waals surface area contributed by atoms with E-state index in [0.29, 0.717) is 5.75 Å². The number of hydrogen-bond acceptors (Lipinski definition) is 4. The number of thiophene rings is 1. The molecule has 1 fully saturated rings. The molecule has 4 nitrogen and oxygen atoms in total. The van der Waals surface area contributed by atoms with Crippen molar-refractivity contribution in [2.24, 2.45) is 0 Å². The van der Waals surface area contributed by atoms with E-state index in [1.165, 1.54) is 16.0 Å². The number of carbonyl (C=O) groups is 1. The highest BCUT2D eigenvalue weighted by atomic mass is 35.5. The lowest BCUT2D eigenvalue weighted by Gasteiger charge is -2.32. The Balaban J connectivity index is 1.19. The Bertz CT molecular complexity index is 803. The van der Waals surface area contributed by atoms with Gasteiger partial charge in [0.15, 0.2) is 0 Å². The summed E-state index contributed by atoms with van der Waals surface area (Å²) in [5.74, 6) is 2.72. The van der Waals surface area contributed by atoms with Crippen molar-refractivity contribution in [3.8, 4) is 5.75 Å². The van der Waals surface area contributed by atoms with Crippen LogP contribution in [-0.2, 0) is 23.5 Å². The predicted octanol–water partition coefficient (Wildman–Crippen LogP) is 2.50. The molecule has 1 aromatic carbocycles. The fraction of sp³-hybridized carbons (Fsp3) is 0.450. The van der Waals surface area contributed by atoms with Crippen molar-refractivity contribution in [2.75, 3.05) is 38.5 Å². The van der Waals surface area contributed by atoms with Crippen molar-refractivity contribution in [1.29, 1.82) is 0 Å². The summed E-state index contributed by atoms with van der Waals surface area (Å²) < 4.78 is 6.40. The van der Waals surface area contributed by atoms with E-state index in [0.717, 1.165) is 61.6 Å². The van der Waals surface area contributed by atoms with Gasteiger partial charge in [0, 0.05) is 22.6 Å². The molecule has 2 aliphatic rings. The van der Waals surface area contributed by atoms with Crippen LogP contribution in [0.5, 0.6) is 5.75 Å². The number of benzene rings is 1. The van der Waals surface area contributed by atoms with Crippen LogP contribution in [0.2, 0.25) is 4.34 Å². The molecular formula is C20H24ClN2O2S2+. The van der Waals surface area contributed by atoms with E-state index in [2.05, 4.69) is 18.2 Å². The van der Waals surface area contributed by atoms with Crippen LogP contribution in [0, 0.1) is 0 Å². The van der Waals surface area contributed by atoms with E-state index >= 15 is 0 Å². The SMILES string of the molecule is O=C(CSCc1ccc(Cl)s1)N1CC[NH+](Cc2ccc3c(c2)CCO3)CC1. The van der Waals surface area contributed by atoms with Gasteiger partial charge in [-0.05, 0) is 35.9 Å². The molecule has 1 N–H and O–H groups in total. The van der Waals surface area contributed by atoms with E-state index in [9.17, 15) is 4.79 Å². The monoisotopic (exact) mass is 423 g/mol. The van der Waals surface area contributed by atoms with E-state index in [-0.39, 0.29) is 5.91 Å². The van der Waals surface area contributed by atoms with Crippen LogP contribution < -0.4 is 9.64 Å². The van der Waals surface area contributed by atoms with Crippen molar-refractivity contribution in [1.82, 2.24) is 4.90 Å². The second-order valence-electron chi connectivity index (χ2n) is 7.05. The Morgan fingerprint density at radius 2 is 2.11 bits per heavy atom. The summed E-state index contributed by atoms with van der Waals surface area (Å²) in [5.41, 5.74) is 2.71. The number of hydrogen-bond donors (Lipinski definition) is 1. The molecule has 1 amide bonds. The lowest BCUT2D eigenvalue weighted by Crippen LogP contribution is -3.13. The molecule has 144 valence electrons. The molecule has 1 aromatic heterocycles. The van der Waals surface area contributed by atoms with Crippen LogP contribution in [-0.4, -0.2) is 49.3 Å². The molecule has 7 heteroatoms. The summed E-state index contributed by atoms with van der Waals surface area (Å²) in [6.07, 6.45) is 1.02. The molecule has 4 rings (SSSR count). The maximum Gasteiger partial charge on any atom is 0.232 e. The summed E-state index contributed by atoms with van der Waals surface area (Å²) in [5, 5.41) is 0. The van der Waals surface area contributed by atoms with Gasteiger partial charge in [-0.1, -0.05) is 11.6 Å². The number of carbonyl (C=O) groups excluding carboxylic acids is 1.